The molecular formula is C27H27ClN2O6S. The number of carbonyl (C=O) groups excluding carboxylic acids is 1. The fraction of sp³-hybridized carbons (Fsp3) is 0.296. The van der Waals surface area contributed by atoms with Crippen LogP contribution in [-0.4, -0.2) is 38.0 Å². The summed E-state index contributed by atoms with van der Waals surface area (Å²) < 4.78 is 23.6. The number of hydrogen-bond donors (Lipinski definition) is 0. The Morgan fingerprint density at radius 2 is 1.86 bits per heavy atom. The summed E-state index contributed by atoms with van der Waals surface area (Å²) in [6.07, 6.45) is 1.72. The highest BCUT2D eigenvalue weighted by Gasteiger charge is 2.33. The molecular weight excluding hydrogens is 516 g/mol. The van der Waals surface area contributed by atoms with Gasteiger partial charge in [-0.25, -0.2) is 9.79 Å². The van der Waals surface area contributed by atoms with E-state index in [4.69, 9.17) is 30.5 Å². The summed E-state index contributed by atoms with van der Waals surface area (Å²) in [5, 5.41) is 0.355. The van der Waals surface area contributed by atoms with Crippen molar-refractivity contribution in [2.45, 2.75) is 26.8 Å². The number of aromatic nitrogens is 1. The Morgan fingerprint density at radius 3 is 2.49 bits per heavy atom. The minimum atomic E-state index is -0.706. The van der Waals surface area contributed by atoms with Crippen LogP contribution in [0, 0.1) is 0 Å². The second kappa shape index (κ2) is 11.2. The Morgan fingerprint density at radius 1 is 1.14 bits per heavy atom. The molecule has 1 atom stereocenters. The Kier molecular flexibility index (Phi) is 8.04. The van der Waals surface area contributed by atoms with Crippen LogP contribution in [0.2, 0.25) is 5.02 Å². The first-order valence-corrected chi connectivity index (χ1v) is 12.9. The van der Waals surface area contributed by atoms with Crippen molar-refractivity contribution in [3.05, 3.63) is 83.5 Å². The highest BCUT2D eigenvalue weighted by Crippen LogP contribution is 2.36. The van der Waals surface area contributed by atoms with E-state index in [0.29, 0.717) is 55.0 Å². The van der Waals surface area contributed by atoms with Crippen molar-refractivity contribution in [3.8, 4) is 17.2 Å². The monoisotopic (exact) mass is 542 g/mol. The topological polar surface area (TPSA) is 88.4 Å². The largest absolute Gasteiger partial charge is 0.494 e. The molecule has 0 saturated heterocycles. The van der Waals surface area contributed by atoms with Crippen molar-refractivity contribution in [1.82, 2.24) is 4.57 Å². The average molecular weight is 543 g/mol. The minimum Gasteiger partial charge on any atom is -0.494 e. The van der Waals surface area contributed by atoms with Gasteiger partial charge in [-0.15, -0.1) is 0 Å². The lowest BCUT2D eigenvalue weighted by atomic mass is 9.96. The standard InChI is InChI=1S/C27H27ClN2O6S/c1-6-35-18-10-8-17(9-11-18)23-22(26(32)36-7-2)15(3)29-27-30(23)25(31)21(37-27)14-16-12-19(28)24(34-5)20(13-16)33-4/h8-14,23H,6-7H2,1-5H3. The first-order chi connectivity index (χ1) is 17.8. The Balaban J connectivity index is 1.91. The molecule has 10 heteroatoms. The van der Waals surface area contributed by atoms with Gasteiger partial charge in [0, 0.05) is 0 Å². The molecule has 0 saturated carbocycles. The summed E-state index contributed by atoms with van der Waals surface area (Å²) in [7, 11) is 3.02. The number of ether oxygens (including phenoxy) is 4. The fourth-order valence-electron chi connectivity index (χ4n) is 4.19. The summed E-state index contributed by atoms with van der Waals surface area (Å²) >= 11 is 7.60. The molecule has 2 heterocycles. The van der Waals surface area contributed by atoms with Crippen LogP contribution < -0.4 is 29.1 Å². The molecule has 0 radical (unpaired) electrons. The lowest BCUT2D eigenvalue weighted by molar-refractivity contribution is -0.139. The molecule has 1 aromatic heterocycles. The lowest BCUT2D eigenvalue weighted by Gasteiger charge is -2.24. The van der Waals surface area contributed by atoms with E-state index in [1.54, 1.807) is 32.1 Å². The molecule has 0 aliphatic carbocycles. The average Bonchev–Trinajstić information content (AvgIpc) is 3.17. The summed E-state index contributed by atoms with van der Waals surface area (Å²) in [6, 6.07) is 10.1. The van der Waals surface area contributed by atoms with Gasteiger partial charge in [0.15, 0.2) is 16.3 Å². The zero-order valence-corrected chi connectivity index (χ0v) is 22.7. The molecule has 37 heavy (non-hydrogen) atoms. The van der Waals surface area contributed by atoms with Gasteiger partial charge in [0.2, 0.25) is 0 Å². The van der Waals surface area contributed by atoms with Crippen molar-refractivity contribution in [2.75, 3.05) is 27.4 Å². The first kappa shape index (κ1) is 26.5. The molecule has 3 aromatic rings. The van der Waals surface area contributed by atoms with Crippen LogP contribution in [0.25, 0.3) is 6.08 Å². The Bertz CT molecular complexity index is 1540. The Hall–Kier alpha value is -3.56. The summed E-state index contributed by atoms with van der Waals surface area (Å²) in [5.74, 6) is 1.04. The van der Waals surface area contributed by atoms with E-state index < -0.39 is 12.0 Å². The summed E-state index contributed by atoms with van der Waals surface area (Å²) in [6.45, 7) is 6.13. The number of methoxy groups -OCH3 is 2. The van der Waals surface area contributed by atoms with Crippen molar-refractivity contribution >= 4 is 35.0 Å². The molecule has 8 nitrogen and oxygen atoms in total. The second-order valence-electron chi connectivity index (χ2n) is 8.04. The van der Waals surface area contributed by atoms with Crippen LogP contribution in [0.5, 0.6) is 17.2 Å². The zero-order chi connectivity index (χ0) is 26.7. The van der Waals surface area contributed by atoms with Gasteiger partial charge in [-0.2, -0.15) is 0 Å². The number of thiazole rings is 1. The van der Waals surface area contributed by atoms with Gasteiger partial charge in [0.25, 0.3) is 5.56 Å². The number of esters is 1. The third-order valence-corrected chi connectivity index (χ3v) is 7.04. The normalized spacial score (nSPS) is 15.2. The molecule has 0 fully saturated rings. The molecule has 0 spiro atoms. The molecule has 1 unspecified atom stereocenters. The van der Waals surface area contributed by atoms with Gasteiger partial charge < -0.3 is 18.9 Å². The molecule has 4 rings (SSSR count). The third-order valence-electron chi connectivity index (χ3n) is 5.78. The van der Waals surface area contributed by atoms with E-state index in [-0.39, 0.29) is 12.2 Å². The van der Waals surface area contributed by atoms with E-state index in [1.165, 1.54) is 30.1 Å². The quantitative estimate of drug-likeness (QED) is 0.402. The van der Waals surface area contributed by atoms with E-state index in [0.717, 1.165) is 5.56 Å². The summed E-state index contributed by atoms with van der Waals surface area (Å²) in [4.78, 5) is 31.9. The van der Waals surface area contributed by atoms with Crippen molar-refractivity contribution in [2.24, 2.45) is 4.99 Å². The predicted octanol–water partition coefficient (Wildman–Crippen LogP) is 3.87. The highest BCUT2D eigenvalue weighted by atomic mass is 35.5. The van der Waals surface area contributed by atoms with Crippen molar-refractivity contribution < 1.29 is 23.7 Å². The molecule has 1 aliphatic heterocycles. The predicted molar refractivity (Wildman–Crippen MR) is 143 cm³/mol. The zero-order valence-electron chi connectivity index (χ0n) is 21.2. The van der Waals surface area contributed by atoms with Crippen LogP contribution in [0.1, 0.15) is 37.9 Å². The number of halogens is 1. The number of fused-ring (bicyclic) bond motifs is 1. The molecule has 0 bridgehead atoms. The van der Waals surface area contributed by atoms with Crippen LogP contribution in [0.3, 0.4) is 0 Å². The van der Waals surface area contributed by atoms with Gasteiger partial charge in [-0.1, -0.05) is 35.1 Å². The van der Waals surface area contributed by atoms with Crippen LogP contribution in [0.15, 0.2) is 57.5 Å². The minimum absolute atomic E-state index is 0.204. The van der Waals surface area contributed by atoms with Gasteiger partial charge in [-0.3, -0.25) is 9.36 Å². The lowest BCUT2D eigenvalue weighted by Crippen LogP contribution is -2.39. The smallest absolute Gasteiger partial charge is 0.338 e. The molecule has 194 valence electrons. The van der Waals surface area contributed by atoms with Crippen molar-refractivity contribution in [1.29, 1.82) is 0 Å². The van der Waals surface area contributed by atoms with E-state index in [2.05, 4.69) is 4.99 Å². The molecule has 0 N–H and O–H groups in total. The molecule has 2 aromatic carbocycles. The maximum Gasteiger partial charge on any atom is 0.338 e. The maximum absolute atomic E-state index is 13.8. The number of rotatable bonds is 8. The molecule has 1 aliphatic rings. The number of hydrogen-bond acceptors (Lipinski definition) is 8. The van der Waals surface area contributed by atoms with Crippen LogP contribution in [0.4, 0.5) is 0 Å². The van der Waals surface area contributed by atoms with E-state index >= 15 is 0 Å². The van der Waals surface area contributed by atoms with Gasteiger partial charge >= 0.3 is 5.97 Å². The van der Waals surface area contributed by atoms with Gasteiger partial charge in [0.1, 0.15) is 5.75 Å². The number of carbonyl (C=O) groups is 1. The number of nitrogens with zero attached hydrogens (tertiary/aromatic N) is 2. The first-order valence-electron chi connectivity index (χ1n) is 11.7. The number of benzene rings is 2. The molecule has 0 amide bonds. The van der Waals surface area contributed by atoms with Crippen molar-refractivity contribution in [3.63, 3.8) is 0 Å². The second-order valence-corrected chi connectivity index (χ2v) is 9.46. The van der Waals surface area contributed by atoms with Crippen LogP contribution >= 0.6 is 22.9 Å². The maximum atomic E-state index is 13.8. The number of allylic oxidation sites excluding steroid dienone is 1. The van der Waals surface area contributed by atoms with Crippen LogP contribution in [-0.2, 0) is 9.53 Å². The summed E-state index contributed by atoms with van der Waals surface area (Å²) in [5.41, 5.74) is 1.93. The van der Waals surface area contributed by atoms with E-state index in [1.807, 2.05) is 31.2 Å². The fourth-order valence-corrected chi connectivity index (χ4v) is 5.54. The van der Waals surface area contributed by atoms with E-state index in [9.17, 15) is 9.59 Å². The third kappa shape index (κ3) is 5.14. The van der Waals surface area contributed by atoms with Gasteiger partial charge in [-0.05, 0) is 62.2 Å². The van der Waals surface area contributed by atoms with Gasteiger partial charge in [0.05, 0.1) is 54.3 Å². The SMILES string of the molecule is CCOC(=O)C1=C(C)N=c2sc(=Cc3cc(Cl)c(OC)c(OC)c3)c(=O)n2C1c1ccc(OCC)cc1. The highest BCUT2D eigenvalue weighted by molar-refractivity contribution is 7.07. The Labute approximate surface area is 223 Å².